The fourth-order valence-electron chi connectivity index (χ4n) is 4.10. The summed E-state index contributed by atoms with van der Waals surface area (Å²) in [6.45, 7) is 10.0. The van der Waals surface area contributed by atoms with Crippen LogP contribution in [0, 0.1) is 0 Å². The Bertz CT molecular complexity index is 1030. The van der Waals surface area contributed by atoms with E-state index in [2.05, 4.69) is 43.0 Å². The second-order valence-corrected chi connectivity index (χ2v) is 7.63. The number of benzene rings is 2. The van der Waals surface area contributed by atoms with Crippen LogP contribution in [0.4, 0.5) is 5.69 Å². The van der Waals surface area contributed by atoms with Crippen LogP contribution in [-0.4, -0.2) is 38.2 Å². The minimum Gasteiger partial charge on any atom is -0.466 e. The SMILES string of the molecule is CCOC(=O)CC1C(C(=O)OCC)=C(N)Oc2ccc(-c3ccc(N(CC)CC)cc3)cc21. The Balaban J connectivity index is 2.01. The van der Waals surface area contributed by atoms with E-state index >= 15 is 0 Å². The van der Waals surface area contributed by atoms with E-state index in [9.17, 15) is 9.59 Å². The third kappa shape index (κ3) is 5.30. The summed E-state index contributed by atoms with van der Waals surface area (Å²) in [5.41, 5.74) is 10.1. The monoisotopic (exact) mass is 452 g/mol. The van der Waals surface area contributed by atoms with E-state index in [-0.39, 0.29) is 31.1 Å². The van der Waals surface area contributed by atoms with Gasteiger partial charge in [-0.3, -0.25) is 4.79 Å². The molecule has 0 bridgehead atoms. The zero-order valence-electron chi connectivity index (χ0n) is 19.7. The van der Waals surface area contributed by atoms with Crippen LogP contribution in [0.1, 0.15) is 45.6 Å². The minimum atomic E-state index is -0.623. The summed E-state index contributed by atoms with van der Waals surface area (Å²) in [6.07, 6.45) is -0.0383. The second kappa shape index (κ2) is 10.9. The van der Waals surface area contributed by atoms with Gasteiger partial charge in [-0.15, -0.1) is 0 Å². The summed E-state index contributed by atoms with van der Waals surface area (Å²) < 4.78 is 16.1. The highest BCUT2D eigenvalue weighted by Crippen LogP contribution is 2.42. The molecule has 7 heteroatoms. The van der Waals surface area contributed by atoms with Gasteiger partial charge in [-0.25, -0.2) is 4.79 Å². The van der Waals surface area contributed by atoms with Gasteiger partial charge in [0.15, 0.2) is 0 Å². The zero-order valence-corrected chi connectivity index (χ0v) is 19.7. The maximum atomic E-state index is 12.7. The molecule has 2 aromatic carbocycles. The first kappa shape index (κ1) is 24.2. The van der Waals surface area contributed by atoms with Crippen molar-refractivity contribution in [3.8, 4) is 16.9 Å². The number of fused-ring (bicyclic) bond motifs is 1. The molecular formula is C26H32N2O5. The smallest absolute Gasteiger partial charge is 0.340 e. The van der Waals surface area contributed by atoms with Crippen LogP contribution < -0.4 is 15.4 Å². The number of rotatable bonds is 9. The van der Waals surface area contributed by atoms with Crippen LogP contribution in [0.2, 0.25) is 0 Å². The number of anilines is 1. The summed E-state index contributed by atoms with van der Waals surface area (Å²) in [5.74, 6) is -1.17. The molecule has 0 spiro atoms. The van der Waals surface area contributed by atoms with Gasteiger partial charge in [0, 0.05) is 30.3 Å². The molecule has 0 aromatic heterocycles. The molecule has 33 heavy (non-hydrogen) atoms. The number of ether oxygens (including phenoxy) is 3. The summed E-state index contributed by atoms with van der Waals surface area (Å²) in [4.78, 5) is 27.3. The number of carbonyl (C=O) groups is 2. The number of nitrogens with two attached hydrogens (primary N) is 1. The van der Waals surface area contributed by atoms with Gasteiger partial charge in [-0.05, 0) is 63.1 Å². The maximum Gasteiger partial charge on any atom is 0.340 e. The van der Waals surface area contributed by atoms with Gasteiger partial charge in [0.1, 0.15) is 11.3 Å². The second-order valence-electron chi connectivity index (χ2n) is 7.63. The summed E-state index contributed by atoms with van der Waals surface area (Å²) in [6, 6.07) is 14.0. The van der Waals surface area contributed by atoms with E-state index in [4.69, 9.17) is 19.9 Å². The molecule has 0 aliphatic carbocycles. The molecule has 1 heterocycles. The van der Waals surface area contributed by atoms with E-state index in [0.29, 0.717) is 11.3 Å². The molecule has 0 radical (unpaired) electrons. The fourth-order valence-corrected chi connectivity index (χ4v) is 4.10. The van der Waals surface area contributed by atoms with Crippen molar-refractivity contribution in [2.45, 2.75) is 40.0 Å². The van der Waals surface area contributed by atoms with Crippen molar-refractivity contribution >= 4 is 17.6 Å². The topological polar surface area (TPSA) is 91.1 Å². The van der Waals surface area contributed by atoms with Crippen LogP contribution in [0.15, 0.2) is 53.9 Å². The summed E-state index contributed by atoms with van der Waals surface area (Å²) in [7, 11) is 0. The van der Waals surface area contributed by atoms with E-state index in [1.807, 2.05) is 18.2 Å². The molecule has 1 unspecified atom stereocenters. The molecule has 0 fully saturated rings. The molecule has 3 rings (SSSR count). The van der Waals surface area contributed by atoms with Gasteiger partial charge in [-0.1, -0.05) is 18.2 Å². The first-order valence-electron chi connectivity index (χ1n) is 11.4. The van der Waals surface area contributed by atoms with Crippen molar-refractivity contribution in [3.05, 3.63) is 59.5 Å². The molecule has 2 aromatic rings. The average Bonchev–Trinajstić information content (AvgIpc) is 2.80. The third-order valence-corrected chi connectivity index (χ3v) is 5.72. The van der Waals surface area contributed by atoms with Crippen LogP contribution in [0.25, 0.3) is 11.1 Å². The van der Waals surface area contributed by atoms with E-state index in [0.717, 1.165) is 29.9 Å². The Kier molecular flexibility index (Phi) is 7.98. The number of hydrogen-bond donors (Lipinski definition) is 1. The van der Waals surface area contributed by atoms with Crippen molar-refractivity contribution in [2.75, 3.05) is 31.2 Å². The Morgan fingerprint density at radius 2 is 1.58 bits per heavy atom. The zero-order chi connectivity index (χ0) is 24.0. The van der Waals surface area contributed by atoms with Gasteiger partial charge in [0.2, 0.25) is 5.88 Å². The van der Waals surface area contributed by atoms with Crippen molar-refractivity contribution in [3.63, 3.8) is 0 Å². The average molecular weight is 453 g/mol. The molecule has 0 amide bonds. The molecule has 176 valence electrons. The minimum absolute atomic E-state index is 0.0383. The van der Waals surface area contributed by atoms with Crippen molar-refractivity contribution in [1.29, 1.82) is 0 Å². The van der Waals surface area contributed by atoms with Crippen molar-refractivity contribution < 1.29 is 23.8 Å². The van der Waals surface area contributed by atoms with Gasteiger partial charge in [-0.2, -0.15) is 0 Å². The van der Waals surface area contributed by atoms with Crippen molar-refractivity contribution in [1.82, 2.24) is 0 Å². The normalized spacial score (nSPS) is 14.8. The van der Waals surface area contributed by atoms with E-state index in [1.165, 1.54) is 0 Å². The number of esters is 2. The number of nitrogens with zero attached hydrogens (tertiary/aromatic N) is 1. The third-order valence-electron chi connectivity index (χ3n) is 5.72. The predicted molar refractivity (Wildman–Crippen MR) is 128 cm³/mol. The van der Waals surface area contributed by atoms with Crippen LogP contribution in [0.3, 0.4) is 0 Å². The lowest BCUT2D eigenvalue weighted by Crippen LogP contribution is -2.28. The van der Waals surface area contributed by atoms with Gasteiger partial charge in [0.25, 0.3) is 0 Å². The Labute approximate surface area is 195 Å². The molecule has 0 saturated heterocycles. The van der Waals surface area contributed by atoms with E-state index < -0.39 is 17.9 Å². The fraction of sp³-hybridized carbons (Fsp3) is 0.385. The maximum absolute atomic E-state index is 12.7. The molecule has 1 atom stereocenters. The summed E-state index contributed by atoms with van der Waals surface area (Å²) in [5, 5.41) is 0. The highest BCUT2D eigenvalue weighted by atomic mass is 16.5. The van der Waals surface area contributed by atoms with Crippen LogP contribution in [0.5, 0.6) is 5.75 Å². The Morgan fingerprint density at radius 3 is 2.18 bits per heavy atom. The first-order chi connectivity index (χ1) is 15.9. The van der Waals surface area contributed by atoms with Gasteiger partial charge < -0.3 is 24.8 Å². The predicted octanol–water partition coefficient (Wildman–Crippen LogP) is 4.36. The van der Waals surface area contributed by atoms with Gasteiger partial charge >= 0.3 is 11.9 Å². The largest absolute Gasteiger partial charge is 0.466 e. The van der Waals surface area contributed by atoms with E-state index in [1.54, 1.807) is 13.8 Å². The molecule has 7 nitrogen and oxygen atoms in total. The molecule has 1 aliphatic rings. The summed E-state index contributed by atoms with van der Waals surface area (Å²) >= 11 is 0. The number of hydrogen-bond acceptors (Lipinski definition) is 7. The number of carbonyl (C=O) groups excluding carboxylic acids is 2. The highest BCUT2D eigenvalue weighted by Gasteiger charge is 2.36. The van der Waals surface area contributed by atoms with Crippen LogP contribution >= 0.6 is 0 Å². The quantitative estimate of drug-likeness (QED) is 0.565. The lowest BCUT2D eigenvalue weighted by molar-refractivity contribution is -0.143. The highest BCUT2D eigenvalue weighted by molar-refractivity contribution is 5.93. The lowest BCUT2D eigenvalue weighted by atomic mass is 9.84. The lowest BCUT2D eigenvalue weighted by Gasteiger charge is -2.28. The molecule has 2 N–H and O–H groups in total. The van der Waals surface area contributed by atoms with Crippen LogP contribution in [-0.2, 0) is 19.1 Å². The Hall–Kier alpha value is -3.48. The molecular weight excluding hydrogens is 420 g/mol. The first-order valence-corrected chi connectivity index (χ1v) is 11.4. The molecule has 0 saturated carbocycles. The molecule has 1 aliphatic heterocycles. The standard InChI is InChI=1S/C26H32N2O5/c1-5-28(6-2)19-12-9-17(10-13-19)18-11-14-22-20(15-18)21(16-23(29)31-7-3)24(25(27)33-22)26(30)32-8-4/h9-15,21H,5-8,16,27H2,1-4H3. The van der Waals surface area contributed by atoms with Gasteiger partial charge in [0.05, 0.1) is 19.6 Å². The Morgan fingerprint density at radius 1 is 0.939 bits per heavy atom. The van der Waals surface area contributed by atoms with Crippen molar-refractivity contribution in [2.24, 2.45) is 5.73 Å².